The normalized spacial score (nSPS) is 13.9. The first-order valence-corrected chi connectivity index (χ1v) is 6.80. The molecule has 0 saturated carbocycles. The van der Waals surface area contributed by atoms with Crippen LogP contribution in [0.5, 0.6) is 0 Å². The molecule has 0 bridgehead atoms. The third-order valence-electron chi connectivity index (χ3n) is 3.54. The Morgan fingerprint density at radius 3 is 2.68 bits per heavy atom. The van der Waals surface area contributed by atoms with Crippen molar-refractivity contribution < 1.29 is 9.15 Å². The van der Waals surface area contributed by atoms with Crippen molar-refractivity contribution in [1.82, 2.24) is 5.32 Å². The van der Waals surface area contributed by atoms with Gasteiger partial charge in [0, 0.05) is 12.0 Å². The average molecular weight is 261 g/mol. The molecule has 2 aromatic rings. The molecule has 19 heavy (non-hydrogen) atoms. The molecule has 1 heterocycles. The van der Waals surface area contributed by atoms with Crippen molar-refractivity contribution in [3.63, 3.8) is 0 Å². The Balaban J connectivity index is 2.44. The van der Waals surface area contributed by atoms with Crippen molar-refractivity contribution in [3.8, 4) is 0 Å². The number of ether oxygens (including phenoxy) is 1. The molecule has 0 aliphatic carbocycles. The SMILES string of the molecule is CCOC(C)(C)C(NC)c1cc2cccc(C)c2o1. The van der Waals surface area contributed by atoms with Crippen LogP contribution in [0.25, 0.3) is 11.0 Å². The monoisotopic (exact) mass is 261 g/mol. The van der Waals surface area contributed by atoms with Crippen molar-refractivity contribution in [1.29, 1.82) is 0 Å². The van der Waals surface area contributed by atoms with E-state index in [1.807, 2.05) is 14.0 Å². The van der Waals surface area contributed by atoms with Gasteiger partial charge < -0.3 is 14.5 Å². The molecule has 1 aromatic carbocycles. The Bertz CT molecular complexity index is 557. The summed E-state index contributed by atoms with van der Waals surface area (Å²) in [5.74, 6) is 0.922. The number of hydrogen-bond donors (Lipinski definition) is 1. The molecular formula is C16H23NO2. The van der Waals surface area contributed by atoms with E-state index in [2.05, 4.69) is 50.4 Å². The van der Waals surface area contributed by atoms with Crippen LogP contribution in [-0.4, -0.2) is 19.3 Å². The first-order chi connectivity index (χ1) is 8.99. The van der Waals surface area contributed by atoms with Crippen LogP contribution < -0.4 is 5.32 Å². The van der Waals surface area contributed by atoms with E-state index in [-0.39, 0.29) is 11.6 Å². The molecule has 1 atom stereocenters. The lowest BCUT2D eigenvalue weighted by Gasteiger charge is -2.32. The highest BCUT2D eigenvalue weighted by Crippen LogP contribution is 2.33. The molecule has 2 rings (SSSR count). The predicted molar refractivity (Wildman–Crippen MR) is 78.5 cm³/mol. The van der Waals surface area contributed by atoms with Crippen LogP contribution in [-0.2, 0) is 4.74 Å². The quantitative estimate of drug-likeness (QED) is 0.888. The summed E-state index contributed by atoms with van der Waals surface area (Å²) in [6.45, 7) is 8.93. The number of benzene rings is 1. The molecule has 1 N–H and O–H groups in total. The summed E-state index contributed by atoms with van der Waals surface area (Å²) in [7, 11) is 1.94. The van der Waals surface area contributed by atoms with Crippen LogP contribution in [0.3, 0.4) is 0 Å². The summed E-state index contributed by atoms with van der Waals surface area (Å²) in [6, 6.07) is 8.33. The first-order valence-electron chi connectivity index (χ1n) is 6.80. The molecule has 0 amide bonds. The molecule has 0 fully saturated rings. The van der Waals surface area contributed by atoms with Gasteiger partial charge in [-0.05, 0) is 46.4 Å². The van der Waals surface area contributed by atoms with Gasteiger partial charge in [-0.1, -0.05) is 18.2 Å². The zero-order valence-electron chi connectivity index (χ0n) is 12.4. The highest BCUT2D eigenvalue weighted by Gasteiger charge is 2.32. The topological polar surface area (TPSA) is 34.4 Å². The van der Waals surface area contributed by atoms with E-state index >= 15 is 0 Å². The molecule has 1 aromatic heterocycles. The summed E-state index contributed by atoms with van der Waals surface area (Å²) in [4.78, 5) is 0. The lowest BCUT2D eigenvalue weighted by atomic mass is 9.96. The van der Waals surface area contributed by atoms with Gasteiger partial charge in [0.25, 0.3) is 0 Å². The first kappa shape index (κ1) is 14.1. The van der Waals surface area contributed by atoms with Crippen LogP contribution in [0.15, 0.2) is 28.7 Å². The van der Waals surface area contributed by atoms with Crippen LogP contribution >= 0.6 is 0 Å². The van der Waals surface area contributed by atoms with Crippen molar-refractivity contribution in [2.24, 2.45) is 0 Å². The Labute approximate surface area is 114 Å². The maximum absolute atomic E-state index is 6.04. The average Bonchev–Trinajstić information content (AvgIpc) is 2.74. The molecule has 3 nitrogen and oxygen atoms in total. The number of likely N-dealkylation sites (N-methyl/N-ethyl adjacent to an activating group) is 1. The number of hydrogen-bond acceptors (Lipinski definition) is 3. The number of aryl methyl sites for hydroxylation is 1. The zero-order valence-corrected chi connectivity index (χ0v) is 12.4. The van der Waals surface area contributed by atoms with E-state index in [0.29, 0.717) is 6.61 Å². The second-order valence-electron chi connectivity index (χ2n) is 5.40. The highest BCUT2D eigenvalue weighted by atomic mass is 16.5. The van der Waals surface area contributed by atoms with Crippen LogP contribution in [0.4, 0.5) is 0 Å². The molecule has 0 saturated heterocycles. The van der Waals surface area contributed by atoms with Gasteiger partial charge in [-0.3, -0.25) is 0 Å². The fraction of sp³-hybridized carbons (Fsp3) is 0.500. The van der Waals surface area contributed by atoms with E-state index in [4.69, 9.17) is 9.15 Å². The number of nitrogens with one attached hydrogen (secondary N) is 1. The molecule has 0 spiro atoms. The maximum atomic E-state index is 6.04. The van der Waals surface area contributed by atoms with Gasteiger partial charge in [-0.2, -0.15) is 0 Å². The van der Waals surface area contributed by atoms with Gasteiger partial charge in [0.2, 0.25) is 0 Å². The van der Waals surface area contributed by atoms with Gasteiger partial charge in [0.1, 0.15) is 11.3 Å². The largest absolute Gasteiger partial charge is 0.459 e. The minimum atomic E-state index is -0.314. The van der Waals surface area contributed by atoms with Crippen LogP contribution in [0.1, 0.15) is 38.1 Å². The molecule has 0 aliphatic heterocycles. The van der Waals surface area contributed by atoms with E-state index in [1.165, 1.54) is 0 Å². The molecule has 0 radical (unpaired) electrons. The summed E-state index contributed by atoms with van der Waals surface area (Å²) in [5.41, 5.74) is 1.81. The maximum Gasteiger partial charge on any atom is 0.137 e. The summed E-state index contributed by atoms with van der Waals surface area (Å²) >= 11 is 0. The van der Waals surface area contributed by atoms with Gasteiger partial charge in [0.05, 0.1) is 11.6 Å². The van der Waals surface area contributed by atoms with E-state index in [9.17, 15) is 0 Å². The minimum absolute atomic E-state index is 0.0271. The number of fused-ring (bicyclic) bond motifs is 1. The second-order valence-corrected chi connectivity index (χ2v) is 5.40. The Hall–Kier alpha value is -1.32. The van der Waals surface area contributed by atoms with Crippen molar-refractivity contribution in [2.75, 3.05) is 13.7 Å². The minimum Gasteiger partial charge on any atom is -0.459 e. The van der Waals surface area contributed by atoms with Gasteiger partial charge in [-0.25, -0.2) is 0 Å². The third kappa shape index (κ3) is 2.67. The van der Waals surface area contributed by atoms with Crippen molar-refractivity contribution in [2.45, 2.75) is 39.3 Å². The third-order valence-corrected chi connectivity index (χ3v) is 3.54. The molecule has 3 heteroatoms. The van der Waals surface area contributed by atoms with E-state index in [1.54, 1.807) is 0 Å². The summed E-state index contributed by atoms with van der Waals surface area (Å²) in [5, 5.41) is 4.45. The van der Waals surface area contributed by atoms with Gasteiger partial charge in [-0.15, -0.1) is 0 Å². The Morgan fingerprint density at radius 1 is 1.37 bits per heavy atom. The van der Waals surface area contributed by atoms with Gasteiger partial charge >= 0.3 is 0 Å². The molecule has 0 aliphatic rings. The fourth-order valence-electron chi connectivity index (χ4n) is 2.66. The van der Waals surface area contributed by atoms with Crippen molar-refractivity contribution in [3.05, 3.63) is 35.6 Å². The number of furan rings is 1. The molecular weight excluding hydrogens is 238 g/mol. The lowest BCUT2D eigenvalue weighted by molar-refractivity contribution is -0.0418. The Morgan fingerprint density at radius 2 is 2.11 bits per heavy atom. The summed E-state index contributed by atoms with van der Waals surface area (Å²) < 4.78 is 11.9. The van der Waals surface area contributed by atoms with Crippen LogP contribution in [0, 0.1) is 6.92 Å². The summed E-state index contributed by atoms with van der Waals surface area (Å²) in [6.07, 6.45) is 0. The lowest BCUT2D eigenvalue weighted by Crippen LogP contribution is -2.39. The number of rotatable bonds is 5. The van der Waals surface area contributed by atoms with Crippen molar-refractivity contribution >= 4 is 11.0 Å². The second kappa shape index (κ2) is 5.35. The molecule has 1 unspecified atom stereocenters. The standard InChI is InChI=1S/C16H23NO2/c1-6-18-16(3,4)15(17-5)13-10-12-9-7-8-11(2)14(12)19-13/h7-10,15,17H,6H2,1-5H3. The predicted octanol–water partition coefficient (Wildman–Crippen LogP) is 3.82. The fourth-order valence-corrected chi connectivity index (χ4v) is 2.66. The highest BCUT2D eigenvalue weighted by molar-refractivity contribution is 5.81. The van der Waals surface area contributed by atoms with Crippen LogP contribution in [0.2, 0.25) is 0 Å². The number of para-hydroxylation sites is 1. The Kier molecular flexibility index (Phi) is 3.97. The van der Waals surface area contributed by atoms with Gasteiger partial charge in [0.15, 0.2) is 0 Å². The van der Waals surface area contributed by atoms with E-state index in [0.717, 1.165) is 22.3 Å². The zero-order chi connectivity index (χ0) is 14.0. The van der Waals surface area contributed by atoms with E-state index < -0.39 is 0 Å². The molecule has 104 valence electrons. The smallest absolute Gasteiger partial charge is 0.137 e.